The summed E-state index contributed by atoms with van der Waals surface area (Å²) < 4.78 is 4.97. The Morgan fingerprint density at radius 2 is 2.15 bits per heavy atom. The molecule has 106 valence electrons. The summed E-state index contributed by atoms with van der Waals surface area (Å²) in [6.07, 6.45) is 1.86. The number of amides is 1. The lowest BCUT2D eigenvalue weighted by atomic mass is 10.0. The van der Waals surface area contributed by atoms with Crippen LogP contribution in [0.3, 0.4) is 0 Å². The second-order valence-electron chi connectivity index (χ2n) is 5.15. The van der Waals surface area contributed by atoms with Crippen LogP contribution < -0.4 is 11.1 Å². The predicted octanol–water partition coefficient (Wildman–Crippen LogP) is 1.54. The van der Waals surface area contributed by atoms with Crippen molar-refractivity contribution in [3.63, 3.8) is 0 Å². The lowest BCUT2D eigenvalue weighted by Crippen LogP contribution is -2.41. The number of fused-ring (bicyclic) bond motifs is 1. The number of oxazole rings is 1. The van der Waals surface area contributed by atoms with Crippen LogP contribution in [0.1, 0.15) is 19.8 Å². The molecule has 6 nitrogen and oxygen atoms in total. The van der Waals surface area contributed by atoms with E-state index in [0.717, 1.165) is 31.6 Å². The van der Waals surface area contributed by atoms with E-state index in [1.807, 2.05) is 17.0 Å². The van der Waals surface area contributed by atoms with Gasteiger partial charge in [-0.25, -0.2) is 4.79 Å². The molecule has 1 amide bonds. The highest BCUT2D eigenvalue weighted by molar-refractivity contribution is 5.77. The van der Waals surface area contributed by atoms with E-state index in [4.69, 9.17) is 4.42 Å². The van der Waals surface area contributed by atoms with E-state index in [-0.39, 0.29) is 5.91 Å². The van der Waals surface area contributed by atoms with Crippen molar-refractivity contribution in [1.82, 2.24) is 9.88 Å². The summed E-state index contributed by atoms with van der Waals surface area (Å²) in [5.41, 5.74) is 2.21. The van der Waals surface area contributed by atoms with Gasteiger partial charge in [0.05, 0.1) is 5.52 Å². The van der Waals surface area contributed by atoms with Crippen LogP contribution in [0, 0.1) is 0 Å². The molecular weight excluding hydrogens is 258 g/mol. The molecular formula is C14H17N3O3. The Morgan fingerprint density at radius 3 is 2.85 bits per heavy atom. The first-order valence-corrected chi connectivity index (χ1v) is 6.77. The number of aromatic nitrogens is 1. The Hall–Kier alpha value is -2.24. The van der Waals surface area contributed by atoms with E-state index in [1.165, 1.54) is 0 Å². The number of aromatic amines is 1. The first kappa shape index (κ1) is 12.8. The minimum atomic E-state index is -0.438. The fraction of sp³-hybridized carbons (Fsp3) is 0.429. The molecule has 0 aliphatic carbocycles. The van der Waals surface area contributed by atoms with Gasteiger partial charge in [-0.1, -0.05) is 0 Å². The molecule has 2 N–H and O–H groups in total. The molecule has 20 heavy (non-hydrogen) atoms. The number of anilines is 1. The van der Waals surface area contributed by atoms with Crippen molar-refractivity contribution in [2.45, 2.75) is 25.8 Å². The predicted molar refractivity (Wildman–Crippen MR) is 75.7 cm³/mol. The lowest BCUT2D eigenvalue weighted by Gasteiger charge is -2.32. The van der Waals surface area contributed by atoms with Gasteiger partial charge in [-0.05, 0) is 31.0 Å². The van der Waals surface area contributed by atoms with Gasteiger partial charge in [0.15, 0.2) is 5.58 Å². The molecule has 1 aromatic heterocycles. The number of benzene rings is 1. The molecule has 3 rings (SSSR count). The number of carbonyl (C=O) groups is 1. The van der Waals surface area contributed by atoms with Gasteiger partial charge in [-0.15, -0.1) is 0 Å². The minimum absolute atomic E-state index is 0.140. The van der Waals surface area contributed by atoms with E-state index in [9.17, 15) is 9.59 Å². The van der Waals surface area contributed by atoms with Crippen LogP contribution in [-0.2, 0) is 4.79 Å². The highest BCUT2D eigenvalue weighted by Gasteiger charge is 2.20. The maximum Gasteiger partial charge on any atom is 0.417 e. The van der Waals surface area contributed by atoms with Crippen LogP contribution in [0.5, 0.6) is 0 Å². The maximum atomic E-state index is 11.3. The van der Waals surface area contributed by atoms with Gasteiger partial charge >= 0.3 is 5.76 Å². The summed E-state index contributed by atoms with van der Waals surface area (Å²) in [4.78, 5) is 26.9. The van der Waals surface area contributed by atoms with Gasteiger partial charge in [-0.3, -0.25) is 9.78 Å². The minimum Gasteiger partial charge on any atom is -0.408 e. The smallest absolute Gasteiger partial charge is 0.408 e. The van der Waals surface area contributed by atoms with Gasteiger partial charge in [-0.2, -0.15) is 0 Å². The van der Waals surface area contributed by atoms with Crippen molar-refractivity contribution in [3.8, 4) is 0 Å². The molecule has 0 bridgehead atoms. The molecule has 2 heterocycles. The van der Waals surface area contributed by atoms with E-state index < -0.39 is 5.76 Å². The van der Waals surface area contributed by atoms with Gasteiger partial charge in [0.2, 0.25) is 5.91 Å². The molecule has 0 atom stereocenters. The van der Waals surface area contributed by atoms with Crippen LogP contribution in [-0.4, -0.2) is 34.9 Å². The molecule has 2 aromatic rings. The summed E-state index contributed by atoms with van der Waals surface area (Å²) in [5, 5.41) is 3.44. The van der Waals surface area contributed by atoms with Gasteiger partial charge in [0, 0.05) is 31.7 Å². The van der Waals surface area contributed by atoms with Crippen molar-refractivity contribution in [2.24, 2.45) is 0 Å². The van der Waals surface area contributed by atoms with Crippen LogP contribution >= 0.6 is 0 Å². The standard InChI is InChI=1S/C14H17N3O3/c1-9(18)17-6-4-10(5-7-17)15-11-2-3-13-12(8-11)16-14(19)20-13/h2-3,8,10,15H,4-7H2,1H3,(H,16,19). The molecule has 1 fully saturated rings. The Bertz CT molecular complexity index is 680. The quantitative estimate of drug-likeness (QED) is 0.871. The van der Waals surface area contributed by atoms with Crippen molar-refractivity contribution >= 4 is 22.7 Å². The summed E-state index contributed by atoms with van der Waals surface area (Å²) in [6.45, 7) is 3.19. The average molecular weight is 275 g/mol. The second kappa shape index (κ2) is 5.03. The molecule has 0 radical (unpaired) electrons. The molecule has 1 saturated heterocycles. The van der Waals surface area contributed by atoms with Crippen LogP contribution in [0.15, 0.2) is 27.4 Å². The Balaban J connectivity index is 1.68. The van der Waals surface area contributed by atoms with Crippen LogP contribution in [0.25, 0.3) is 11.1 Å². The van der Waals surface area contributed by atoms with Crippen molar-refractivity contribution in [2.75, 3.05) is 18.4 Å². The molecule has 0 spiro atoms. The third kappa shape index (κ3) is 2.54. The van der Waals surface area contributed by atoms with E-state index >= 15 is 0 Å². The van der Waals surface area contributed by atoms with E-state index in [1.54, 1.807) is 13.0 Å². The van der Waals surface area contributed by atoms with Crippen molar-refractivity contribution < 1.29 is 9.21 Å². The van der Waals surface area contributed by atoms with Crippen LogP contribution in [0.4, 0.5) is 5.69 Å². The number of rotatable bonds is 2. The van der Waals surface area contributed by atoms with E-state index in [2.05, 4.69) is 10.3 Å². The number of carbonyl (C=O) groups excluding carboxylic acids is 1. The maximum absolute atomic E-state index is 11.3. The highest BCUT2D eigenvalue weighted by Crippen LogP contribution is 2.20. The number of hydrogen-bond acceptors (Lipinski definition) is 4. The molecule has 1 aromatic carbocycles. The first-order valence-electron chi connectivity index (χ1n) is 6.77. The SMILES string of the molecule is CC(=O)N1CCC(Nc2ccc3oc(=O)[nH]c3c2)CC1. The zero-order chi connectivity index (χ0) is 14.1. The topological polar surface area (TPSA) is 78.3 Å². The number of piperidine rings is 1. The van der Waals surface area contributed by atoms with Crippen LogP contribution in [0.2, 0.25) is 0 Å². The molecule has 0 unspecified atom stereocenters. The Kier molecular flexibility index (Phi) is 3.22. The fourth-order valence-corrected chi connectivity index (χ4v) is 2.62. The summed E-state index contributed by atoms with van der Waals surface area (Å²) in [5.74, 6) is -0.298. The average Bonchev–Trinajstić information content (AvgIpc) is 2.78. The Morgan fingerprint density at radius 1 is 1.40 bits per heavy atom. The van der Waals surface area contributed by atoms with E-state index in [0.29, 0.717) is 17.1 Å². The highest BCUT2D eigenvalue weighted by atomic mass is 16.4. The third-order valence-corrected chi connectivity index (χ3v) is 3.73. The molecule has 6 heteroatoms. The zero-order valence-corrected chi connectivity index (χ0v) is 11.3. The number of nitrogens with zero attached hydrogens (tertiary/aromatic N) is 1. The number of hydrogen-bond donors (Lipinski definition) is 2. The third-order valence-electron chi connectivity index (χ3n) is 3.73. The van der Waals surface area contributed by atoms with Gasteiger partial charge in [0.25, 0.3) is 0 Å². The van der Waals surface area contributed by atoms with Gasteiger partial charge < -0.3 is 14.6 Å². The fourth-order valence-electron chi connectivity index (χ4n) is 2.62. The Labute approximate surface area is 115 Å². The zero-order valence-electron chi connectivity index (χ0n) is 11.3. The second-order valence-corrected chi connectivity index (χ2v) is 5.15. The lowest BCUT2D eigenvalue weighted by molar-refractivity contribution is -0.129. The number of nitrogens with one attached hydrogen (secondary N) is 2. The molecule has 1 aliphatic rings. The monoisotopic (exact) mass is 275 g/mol. The summed E-state index contributed by atoms with van der Waals surface area (Å²) in [7, 11) is 0. The first-order chi connectivity index (χ1) is 9.61. The largest absolute Gasteiger partial charge is 0.417 e. The van der Waals surface area contributed by atoms with Crippen molar-refractivity contribution in [3.05, 3.63) is 28.7 Å². The van der Waals surface area contributed by atoms with Crippen molar-refractivity contribution in [1.29, 1.82) is 0 Å². The number of likely N-dealkylation sites (tertiary alicyclic amines) is 1. The molecule has 1 aliphatic heterocycles. The summed E-state index contributed by atoms with van der Waals surface area (Å²) in [6, 6.07) is 5.90. The number of H-pyrrole nitrogens is 1. The summed E-state index contributed by atoms with van der Waals surface area (Å²) >= 11 is 0. The molecule has 0 saturated carbocycles. The normalized spacial score (nSPS) is 16.6. The van der Waals surface area contributed by atoms with Gasteiger partial charge in [0.1, 0.15) is 0 Å².